The lowest BCUT2D eigenvalue weighted by molar-refractivity contribution is -0.115. The van der Waals surface area contributed by atoms with Crippen LogP contribution in [0.25, 0.3) is 11.6 Å². The van der Waals surface area contributed by atoms with Gasteiger partial charge in [-0.25, -0.2) is 4.68 Å². The summed E-state index contributed by atoms with van der Waals surface area (Å²) < 4.78 is 6.59. The van der Waals surface area contributed by atoms with Crippen molar-refractivity contribution in [2.75, 3.05) is 30.2 Å². The zero-order chi connectivity index (χ0) is 18.7. The predicted molar refractivity (Wildman–Crippen MR) is 103 cm³/mol. The van der Waals surface area contributed by atoms with Crippen molar-refractivity contribution in [2.45, 2.75) is 17.3 Å². The number of hydrogen-bond acceptors (Lipinski definition) is 7. The first-order valence-corrected chi connectivity index (χ1v) is 8.83. The molecule has 8 nitrogen and oxygen atoms in total. The number of furan rings is 1. The van der Waals surface area contributed by atoms with E-state index in [1.165, 1.54) is 22.7 Å². The number of nitrogen functional groups attached to an aromatic ring is 1. The summed E-state index contributed by atoms with van der Waals surface area (Å²) in [6, 6.07) is 11.1. The minimum atomic E-state index is -0.403. The summed E-state index contributed by atoms with van der Waals surface area (Å²) in [5.74, 6) is 6.80. The zero-order valence-corrected chi connectivity index (χ0v) is 15.5. The van der Waals surface area contributed by atoms with E-state index in [9.17, 15) is 4.79 Å². The number of aromatic nitrogens is 3. The van der Waals surface area contributed by atoms with Gasteiger partial charge in [0.1, 0.15) is 0 Å². The molecule has 1 aromatic carbocycles. The van der Waals surface area contributed by atoms with Crippen molar-refractivity contribution in [3.8, 4) is 11.6 Å². The first-order chi connectivity index (χ1) is 12.5. The molecule has 0 aliphatic rings. The Morgan fingerprint density at radius 2 is 2.00 bits per heavy atom. The summed E-state index contributed by atoms with van der Waals surface area (Å²) >= 11 is 1.23. The SMILES string of the molecule is CC(Sc1nnc(-c2ccco2)n1N)C(=O)Nc1ccc(N(C)C)cc1. The zero-order valence-electron chi connectivity index (χ0n) is 14.7. The van der Waals surface area contributed by atoms with E-state index in [4.69, 9.17) is 10.3 Å². The fourth-order valence-corrected chi connectivity index (χ4v) is 3.00. The minimum Gasteiger partial charge on any atom is -0.461 e. The molecular weight excluding hydrogens is 352 g/mol. The van der Waals surface area contributed by atoms with Gasteiger partial charge in [0.2, 0.25) is 16.9 Å². The van der Waals surface area contributed by atoms with Crippen LogP contribution in [0.5, 0.6) is 0 Å². The van der Waals surface area contributed by atoms with Gasteiger partial charge in [-0.05, 0) is 43.3 Å². The van der Waals surface area contributed by atoms with Crippen molar-refractivity contribution in [1.82, 2.24) is 14.9 Å². The number of amides is 1. The molecule has 1 atom stereocenters. The number of nitrogens with zero attached hydrogens (tertiary/aromatic N) is 4. The molecule has 0 spiro atoms. The van der Waals surface area contributed by atoms with Crippen LogP contribution in [0.1, 0.15) is 6.92 Å². The number of rotatable bonds is 6. The second-order valence-corrected chi connectivity index (χ2v) is 7.15. The molecule has 0 bridgehead atoms. The fourth-order valence-electron chi connectivity index (χ4n) is 2.23. The highest BCUT2D eigenvalue weighted by atomic mass is 32.2. The van der Waals surface area contributed by atoms with Crippen LogP contribution >= 0.6 is 11.8 Å². The normalized spacial score (nSPS) is 12.0. The summed E-state index contributed by atoms with van der Waals surface area (Å²) in [6.45, 7) is 1.79. The Bertz CT molecular complexity index is 873. The Morgan fingerprint density at radius 3 is 2.62 bits per heavy atom. The van der Waals surface area contributed by atoms with Gasteiger partial charge < -0.3 is 20.5 Å². The topological polar surface area (TPSA) is 102 Å². The maximum Gasteiger partial charge on any atom is 0.237 e. The van der Waals surface area contributed by atoms with Gasteiger partial charge in [-0.3, -0.25) is 4.79 Å². The van der Waals surface area contributed by atoms with E-state index < -0.39 is 5.25 Å². The van der Waals surface area contributed by atoms with E-state index in [0.717, 1.165) is 11.4 Å². The summed E-state index contributed by atoms with van der Waals surface area (Å²) in [7, 11) is 3.93. The lowest BCUT2D eigenvalue weighted by atomic mass is 10.2. The van der Waals surface area contributed by atoms with E-state index in [0.29, 0.717) is 16.7 Å². The van der Waals surface area contributed by atoms with Gasteiger partial charge in [-0.15, -0.1) is 10.2 Å². The van der Waals surface area contributed by atoms with Crippen LogP contribution in [0, 0.1) is 0 Å². The van der Waals surface area contributed by atoms with Gasteiger partial charge in [-0.2, -0.15) is 0 Å². The van der Waals surface area contributed by atoms with E-state index >= 15 is 0 Å². The van der Waals surface area contributed by atoms with Crippen molar-refractivity contribution in [2.24, 2.45) is 0 Å². The highest BCUT2D eigenvalue weighted by Crippen LogP contribution is 2.26. The van der Waals surface area contributed by atoms with Gasteiger partial charge in [-0.1, -0.05) is 11.8 Å². The Labute approximate surface area is 155 Å². The molecule has 1 unspecified atom stereocenters. The molecule has 2 heterocycles. The molecule has 0 fully saturated rings. The second kappa shape index (κ2) is 7.52. The maximum atomic E-state index is 12.4. The molecule has 0 aliphatic heterocycles. The second-order valence-electron chi connectivity index (χ2n) is 5.84. The van der Waals surface area contributed by atoms with Crippen LogP contribution in [0.15, 0.2) is 52.2 Å². The van der Waals surface area contributed by atoms with E-state index in [-0.39, 0.29) is 5.91 Å². The quantitative estimate of drug-likeness (QED) is 0.506. The number of nitrogens with one attached hydrogen (secondary N) is 1. The minimum absolute atomic E-state index is 0.143. The number of carbonyl (C=O) groups excluding carboxylic acids is 1. The average Bonchev–Trinajstić information content (AvgIpc) is 3.26. The van der Waals surface area contributed by atoms with Crippen molar-refractivity contribution < 1.29 is 9.21 Å². The van der Waals surface area contributed by atoms with Crippen molar-refractivity contribution >= 4 is 29.0 Å². The van der Waals surface area contributed by atoms with Gasteiger partial charge in [0, 0.05) is 25.5 Å². The largest absolute Gasteiger partial charge is 0.461 e. The highest BCUT2D eigenvalue weighted by molar-refractivity contribution is 8.00. The van der Waals surface area contributed by atoms with Crippen molar-refractivity contribution in [1.29, 1.82) is 0 Å². The Morgan fingerprint density at radius 1 is 1.27 bits per heavy atom. The third-order valence-corrected chi connectivity index (χ3v) is 4.77. The lowest BCUT2D eigenvalue weighted by Crippen LogP contribution is -2.23. The molecule has 9 heteroatoms. The third kappa shape index (κ3) is 3.83. The number of hydrogen-bond donors (Lipinski definition) is 2. The molecule has 136 valence electrons. The Balaban J connectivity index is 1.64. The molecule has 26 heavy (non-hydrogen) atoms. The van der Waals surface area contributed by atoms with Crippen LogP contribution in [0.4, 0.5) is 11.4 Å². The first-order valence-electron chi connectivity index (χ1n) is 7.95. The van der Waals surface area contributed by atoms with Crippen molar-refractivity contribution in [3.05, 3.63) is 42.7 Å². The number of thioether (sulfide) groups is 1. The van der Waals surface area contributed by atoms with Crippen molar-refractivity contribution in [3.63, 3.8) is 0 Å². The molecule has 3 aromatic rings. The van der Waals surface area contributed by atoms with E-state index in [2.05, 4.69) is 15.5 Å². The van der Waals surface area contributed by atoms with Crippen LogP contribution < -0.4 is 16.1 Å². The molecule has 3 N–H and O–H groups in total. The summed E-state index contributed by atoms with van der Waals surface area (Å²) in [4.78, 5) is 14.4. The molecule has 0 radical (unpaired) electrons. The third-order valence-electron chi connectivity index (χ3n) is 3.71. The fraction of sp³-hybridized carbons (Fsp3) is 0.235. The maximum absolute atomic E-state index is 12.4. The van der Waals surface area contributed by atoms with Crippen LogP contribution in [0.3, 0.4) is 0 Å². The Hall–Kier alpha value is -2.94. The summed E-state index contributed by atoms with van der Waals surface area (Å²) in [6.07, 6.45) is 1.54. The van der Waals surface area contributed by atoms with Gasteiger partial charge in [0.15, 0.2) is 5.76 Å². The van der Waals surface area contributed by atoms with E-state index in [1.54, 1.807) is 19.1 Å². The standard InChI is InChI=1S/C17H20N6O2S/c1-11(16(24)19-12-6-8-13(9-7-12)22(2)3)26-17-21-20-15(23(17)18)14-5-4-10-25-14/h4-11H,18H2,1-3H3,(H,19,24). The number of nitrogens with two attached hydrogens (primary N) is 1. The summed E-state index contributed by atoms with van der Waals surface area (Å²) in [5.41, 5.74) is 1.80. The Kier molecular flexibility index (Phi) is 5.17. The van der Waals surface area contributed by atoms with Gasteiger partial charge in [0.25, 0.3) is 0 Å². The molecule has 2 aromatic heterocycles. The first kappa shape index (κ1) is 17.9. The van der Waals surface area contributed by atoms with Gasteiger partial charge >= 0.3 is 0 Å². The van der Waals surface area contributed by atoms with Crippen LogP contribution in [-0.4, -0.2) is 40.1 Å². The number of carbonyl (C=O) groups is 1. The van der Waals surface area contributed by atoms with Crippen LogP contribution in [0.2, 0.25) is 0 Å². The lowest BCUT2D eigenvalue weighted by Gasteiger charge is -2.14. The monoisotopic (exact) mass is 372 g/mol. The molecule has 0 saturated heterocycles. The van der Waals surface area contributed by atoms with Gasteiger partial charge in [0.05, 0.1) is 11.5 Å². The molecule has 1 amide bonds. The predicted octanol–water partition coefficient (Wildman–Crippen LogP) is 2.44. The smallest absolute Gasteiger partial charge is 0.237 e. The van der Waals surface area contributed by atoms with Crippen LogP contribution in [-0.2, 0) is 4.79 Å². The molecule has 0 aliphatic carbocycles. The average molecular weight is 372 g/mol. The summed E-state index contributed by atoms with van der Waals surface area (Å²) in [5, 5.41) is 11.0. The molecular formula is C17H20N6O2S. The molecule has 0 saturated carbocycles. The number of benzene rings is 1. The number of anilines is 2. The highest BCUT2D eigenvalue weighted by Gasteiger charge is 2.20. The molecule has 3 rings (SSSR count). The van der Waals surface area contributed by atoms with E-state index in [1.807, 2.05) is 43.3 Å².